The molecule has 0 amide bonds. The first-order chi connectivity index (χ1) is 13.3. The van der Waals surface area contributed by atoms with Crippen LogP contribution in [0.4, 0.5) is 13.2 Å². The fraction of sp³-hybridized carbons (Fsp3) is 0.474. The van der Waals surface area contributed by atoms with Gasteiger partial charge in [0.25, 0.3) is 0 Å². The standard InChI is InChI=1S/C19H19F3N2OS3/c1-26-16-6-2-3-7-18(16,25)11-28-17-12(10-23)13(19(20,21)22)9-14(24-17)15-5-4-8-27-15/h4-5,8-9,16,25H,2-3,6-7,11H2,1H3. The molecule has 1 N–H and O–H groups in total. The van der Waals surface area contributed by atoms with E-state index < -0.39 is 22.9 Å². The SMILES string of the molecule is CSC1CCCCC1(O)CSc1nc(-c2cccs2)cc(C(F)(F)F)c1C#N. The molecule has 2 atom stereocenters. The summed E-state index contributed by atoms with van der Waals surface area (Å²) in [5, 5.41) is 22.3. The maximum absolute atomic E-state index is 13.6. The number of pyridine rings is 1. The number of thiophene rings is 1. The predicted molar refractivity (Wildman–Crippen MR) is 109 cm³/mol. The Morgan fingerprint density at radius 3 is 2.82 bits per heavy atom. The van der Waals surface area contributed by atoms with Gasteiger partial charge in [0.1, 0.15) is 11.1 Å². The first-order valence-corrected chi connectivity index (χ1v) is 11.9. The maximum atomic E-state index is 13.6. The second kappa shape index (κ2) is 8.66. The molecule has 0 aliphatic heterocycles. The number of aromatic nitrogens is 1. The topological polar surface area (TPSA) is 56.9 Å². The van der Waals surface area contributed by atoms with Gasteiger partial charge < -0.3 is 5.11 Å². The third-order valence-corrected chi connectivity index (χ3v) is 8.19. The Bertz CT molecular complexity index is 865. The summed E-state index contributed by atoms with van der Waals surface area (Å²) in [5.74, 6) is 0.214. The number of thioether (sulfide) groups is 2. The molecule has 1 saturated carbocycles. The average molecular weight is 445 g/mol. The number of alkyl halides is 3. The maximum Gasteiger partial charge on any atom is 0.417 e. The number of nitrogens with zero attached hydrogens (tertiary/aromatic N) is 2. The number of hydrogen-bond donors (Lipinski definition) is 1. The zero-order valence-electron chi connectivity index (χ0n) is 15.1. The van der Waals surface area contributed by atoms with Crippen LogP contribution in [0.15, 0.2) is 28.6 Å². The summed E-state index contributed by atoms with van der Waals surface area (Å²) in [4.78, 5) is 4.97. The van der Waals surface area contributed by atoms with E-state index in [0.29, 0.717) is 11.3 Å². The van der Waals surface area contributed by atoms with Gasteiger partial charge in [0, 0.05) is 11.0 Å². The molecule has 3 rings (SSSR count). The lowest BCUT2D eigenvalue weighted by atomic mass is 9.86. The summed E-state index contributed by atoms with van der Waals surface area (Å²) < 4.78 is 40.8. The molecule has 0 radical (unpaired) electrons. The van der Waals surface area contributed by atoms with Crippen LogP contribution in [0.3, 0.4) is 0 Å². The van der Waals surface area contributed by atoms with Gasteiger partial charge in [-0.15, -0.1) is 23.1 Å². The largest absolute Gasteiger partial charge is 0.417 e. The van der Waals surface area contributed by atoms with E-state index in [1.165, 1.54) is 11.3 Å². The van der Waals surface area contributed by atoms with Crippen molar-refractivity contribution in [2.75, 3.05) is 12.0 Å². The smallest absolute Gasteiger partial charge is 0.388 e. The molecule has 28 heavy (non-hydrogen) atoms. The lowest BCUT2D eigenvalue weighted by Gasteiger charge is -2.38. The molecule has 0 bridgehead atoms. The number of hydrogen-bond acceptors (Lipinski definition) is 6. The van der Waals surface area contributed by atoms with Crippen LogP contribution in [0.1, 0.15) is 36.8 Å². The molecule has 9 heteroatoms. The van der Waals surface area contributed by atoms with E-state index in [-0.39, 0.29) is 21.7 Å². The van der Waals surface area contributed by atoms with Gasteiger partial charge in [-0.3, -0.25) is 0 Å². The Balaban J connectivity index is 1.99. The van der Waals surface area contributed by atoms with E-state index in [2.05, 4.69) is 4.98 Å². The summed E-state index contributed by atoms with van der Waals surface area (Å²) in [6.07, 6.45) is 0.675. The number of halogens is 3. The lowest BCUT2D eigenvalue weighted by molar-refractivity contribution is -0.138. The van der Waals surface area contributed by atoms with Gasteiger partial charge in [0.2, 0.25) is 0 Å². The lowest BCUT2D eigenvalue weighted by Crippen LogP contribution is -2.45. The van der Waals surface area contributed by atoms with Crippen molar-refractivity contribution in [3.63, 3.8) is 0 Å². The summed E-state index contributed by atoms with van der Waals surface area (Å²) in [6.45, 7) is 0. The van der Waals surface area contributed by atoms with Crippen LogP contribution in [0, 0.1) is 11.3 Å². The van der Waals surface area contributed by atoms with Gasteiger partial charge in [-0.1, -0.05) is 18.9 Å². The van der Waals surface area contributed by atoms with Crippen molar-refractivity contribution in [2.24, 2.45) is 0 Å². The normalized spacial score (nSPS) is 22.8. The van der Waals surface area contributed by atoms with Crippen molar-refractivity contribution in [3.05, 3.63) is 34.7 Å². The van der Waals surface area contributed by atoms with Crippen LogP contribution in [-0.4, -0.2) is 33.0 Å². The molecule has 1 aliphatic carbocycles. The van der Waals surface area contributed by atoms with Crippen molar-refractivity contribution >= 4 is 34.9 Å². The van der Waals surface area contributed by atoms with Crippen LogP contribution in [0.5, 0.6) is 0 Å². The van der Waals surface area contributed by atoms with E-state index in [0.717, 1.165) is 37.1 Å². The van der Waals surface area contributed by atoms with E-state index in [1.807, 2.05) is 6.26 Å². The minimum absolute atomic E-state index is 0.0274. The van der Waals surface area contributed by atoms with Crippen LogP contribution in [0.2, 0.25) is 0 Å². The van der Waals surface area contributed by atoms with E-state index in [4.69, 9.17) is 0 Å². The zero-order chi connectivity index (χ0) is 20.4. The molecule has 0 aromatic carbocycles. The van der Waals surface area contributed by atoms with Crippen LogP contribution >= 0.6 is 34.9 Å². The van der Waals surface area contributed by atoms with Gasteiger partial charge in [-0.2, -0.15) is 30.2 Å². The van der Waals surface area contributed by atoms with Crippen molar-refractivity contribution < 1.29 is 18.3 Å². The van der Waals surface area contributed by atoms with Crippen LogP contribution in [-0.2, 0) is 6.18 Å². The Labute approximate surface area is 174 Å². The second-order valence-electron chi connectivity index (χ2n) is 6.68. The zero-order valence-corrected chi connectivity index (χ0v) is 17.6. The number of nitriles is 1. The molecule has 150 valence electrons. The molecule has 2 aromatic rings. The Kier molecular flexibility index (Phi) is 6.65. The fourth-order valence-electron chi connectivity index (χ4n) is 3.39. The minimum Gasteiger partial charge on any atom is -0.388 e. The van der Waals surface area contributed by atoms with E-state index in [1.54, 1.807) is 35.3 Å². The molecule has 1 aliphatic rings. The third-order valence-electron chi connectivity index (χ3n) is 4.85. The van der Waals surface area contributed by atoms with E-state index in [9.17, 15) is 23.5 Å². The van der Waals surface area contributed by atoms with E-state index >= 15 is 0 Å². The fourth-order valence-corrected chi connectivity index (χ4v) is 6.42. The first-order valence-electron chi connectivity index (χ1n) is 8.72. The van der Waals surface area contributed by atoms with Crippen molar-refractivity contribution in [1.82, 2.24) is 4.98 Å². The highest BCUT2D eigenvalue weighted by Gasteiger charge is 2.40. The quantitative estimate of drug-likeness (QED) is 0.588. The highest BCUT2D eigenvalue weighted by Crippen LogP contribution is 2.42. The van der Waals surface area contributed by atoms with Gasteiger partial charge in [0.05, 0.1) is 27.3 Å². The molecule has 2 unspecified atom stereocenters. The first kappa shape index (κ1) is 21.5. The van der Waals surface area contributed by atoms with Crippen molar-refractivity contribution in [3.8, 4) is 16.6 Å². The molecule has 1 fully saturated rings. The Hall–Kier alpha value is -1.21. The highest BCUT2D eigenvalue weighted by atomic mass is 32.2. The van der Waals surface area contributed by atoms with Gasteiger partial charge in [0.15, 0.2) is 0 Å². The predicted octanol–water partition coefficient (Wildman–Crippen LogP) is 5.83. The number of aliphatic hydroxyl groups is 1. The third kappa shape index (κ3) is 4.51. The second-order valence-corrected chi connectivity index (χ2v) is 9.64. The van der Waals surface area contributed by atoms with Gasteiger partial charge in [-0.05, 0) is 36.6 Å². The molecule has 0 spiro atoms. The Morgan fingerprint density at radius 1 is 1.43 bits per heavy atom. The number of rotatable bonds is 5. The van der Waals surface area contributed by atoms with Gasteiger partial charge in [-0.25, -0.2) is 4.98 Å². The summed E-state index contributed by atoms with van der Waals surface area (Å²) in [6, 6.07) is 6.07. The van der Waals surface area contributed by atoms with Gasteiger partial charge >= 0.3 is 6.18 Å². The summed E-state index contributed by atoms with van der Waals surface area (Å²) in [5.41, 5.74) is -2.24. The van der Waals surface area contributed by atoms with Crippen molar-refractivity contribution in [1.29, 1.82) is 5.26 Å². The molecule has 2 aromatic heterocycles. The summed E-state index contributed by atoms with van der Waals surface area (Å²) >= 11 is 3.92. The van der Waals surface area contributed by atoms with Crippen LogP contribution in [0.25, 0.3) is 10.6 Å². The van der Waals surface area contributed by atoms with Crippen LogP contribution < -0.4 is 0 Å². The molecule has 2 heterocycles. The van der Waals surface area contributed by atoms with Crippen molar-refractivity contribution in [2.45, 2.75) is 47.7 Å². The summed E-state index contributed by atoms with van der Waals surface area (Å²) in [7, 11) is 0. The average Bonchev–Trinajstić information content (AvgIpc) is 3.20. The molecular formula is C19H19F3N2OS3. The minimum atomic E-state index is -4.65. The molecule has 0 saturated heterocycles. The molecular weight excluding hydrogens is 425 g/mol. The monoisotopic (exact) mass is 444 g/mol. The Morgan fingerprint density at radius 2 is 2.21 bits per heavy atom. The molecule has 3 nitrogen and oxygen atoms in total. The highest BCUT2D eigenvalue weighted by molar-refractivity contribution is 8.00.